The van der Waals surface area contributed by atoms with Gasteiger partial charge in [0.2, 0.25) is 7.37 Å². The third-order valence-electron chi connectivity index (χ3n) is 3.65. The normalized spacial score (nSPS) is 40.1. The Morgan fingerprint density at radius 2 is 1.62 bits per heavy atom. The predicted molar refractivity (Wildman–Crippen MR) is 73.7 cm³/mol. The van der Waals surface area contributed by atoms with Crippen LogP contribution >= 0.6 is 7.37 Å². The third kappa shape index (κ3) is 3.35. The van der Waals surface area contributed by atoms with Crippen LogP contribution in [-0.2, 0) is 15.9 Å². The van der Waals surface area contributed by atoms with Crippen LogP contribution in [0.3, 0.4) is 0 Å². The highest BCUT2D eigenvalue weighted by Crippen LogP contribution is 2.56. The Morgan fingerprint density at radius 3 is 2.24 bits per heavy atom. The highest BCUT2D eigenvalue weighted by atomic mass is 31.2. The molecular weight excluding hydrogens is 299 g/mol. The molecule has 1 aliphatic rings. The van der Waals surface area contributed by atoms with E-state index in [9.17, 15) is 29.9 Å². The second-order valence-electron chi connectivity index (χ2n) is 5.13. The van der Waals surface area contributed by atoms with Crippen LogP contribution in [0.25, 0.3) is 0 Å². The van der Waals surface area contributed by atoms with E-state index < -0.39 is 37.2 Å². The quantitative estimate of drug-likeness (QED) is 0.462. The lowest BCUT2D eigenvalue weighted by atomic mass is 10.0. The van der Waals surface area contributed by atoms with E-state index in [1.54, 1.807) is 0 Å². The van der Waals surface area contributed by atoms with Crippen molar-refractivity contribution in [2.24, 2.45) is 0 Å². The molecule has 0 radical (unpaired) electrons. The first-order valence-electron chi connectivity index (χ1n) is 6.51. The first kappa shape index (κ1) is 16.6. The topological polar surface area (TPSA) is 127 Å². The summed E-state index contributed by atoms with van der Waals surface area (Å²) in [4.78, 5) is 9.85. The van der Waals surface area contributed by atoms with Gasteiger partial charge in [-0.2, -0.15) is 0 Å². The molecule has 0 saturated carbocycles. The minimum absolute atomic E-state index is 0.165. The summed E-state index contributed by atoms with van der Waals surface area (Å²) in [6, 6.07) is 9.08. The second-order valence-corrected chi connectivity index (χ2v) is 7.66. The Hall–Kier alpha value is -0.790. The zero-order chi connectivity index (χ0) is 15.6. The van der Waals surface area contributed by atoms with Crippen molar-refractivity contribution in [2.45, 2.75) is 36.4 Å². The van der Waals surface area contributed by atoms with E-state index in [-0.39, 0.29) is 13.2 Å². The standard InChI is InChI=1S/C13H19O7P/c14-10-9(7-20-6-8-4-2-1-3-5-8)21(18,19)13(17)12(16)11(10)15/h1-5,9-17H,6-7H2,(H,18,19)/t9-,10-,11+,12+,13-/m1/s1. The Labute approximate surface area is 121 Å². The SMILES string of the molecule is O=P1(O)[C@H](COCc2ccccc2)[C@@H](O)[C@H](O)[C@H](O)[C@@H]1O. The van der Waals surface area contributed by atoms with Gasteiger partial charge in [-0.25, -0.2) is 0 Å². The van der Waals surface area contributed by atoms with Crippen LogP contribution in [0.1, 0.15) is 5.56 Å². The van der Waals surface area contributed by atoms with Crippen molar-refractivity contribution in [2.75, 3.05) is 6.61 Å². The number of benzene rings is 1. The summed E-state index contributed by atoms with van der Waals surface area (Å²) >= 11 is 0. The molecule has 1 saturated heterocycles. The van der Waals surface area contributed by atoms with Crippen molar-refractivity contribution in [3.05, 3.63) is 35.9 Å². The summed E-state index contributed by atoms with van der Waals surface area (Å²) in [5.41, 5.74) is -0.508. The maximum atomic E-state index is 12.1. The number of ether oxygens (including phenoxy) is 1. The Kier molecular flexibility index (Phi) is 5.16. The van der Waals surface area contributed by atoms with Gasteiger partial charge in [-0.15, -0.1) is 0 Å². The predicted octanol–water partition coefficient (Wildman–Crippen LogP) is -0.743. The van der Waals surface area contributed by atoms with E-state index in [0.717, 1.165) is 5.56 Å². The second kappa shape index (κ2) is 6.54. The van der Waals surface area contributed by atoms with Gasteiger partial charge >= 0.3 is 0 Å². The summed E-state index contributed by atoms with van der Waals surface area (Å²) < 4.78 is 17.4. The average Bonchev–Trinajstić information content (AvgIpc) is 2.48. The maximum Gasteiger partial charge on any atom is 0.238 e. The molecule has 1 aliphatic heterocycles. The number of rotatable bonds is 4. The molecule has 0 amide bonds. The minimum atomic E-state index is -4.29. The van der Waals surface area contributed by atoms with Gasteiger partial charge in [-0.3, -0.25) is 4.57 Å². The molecule has 0 bridgehead atoms. The van der Waals surface area contributed by atoms with Crippen molar-refractivity contribution in [3.8, 4) is 0 Å². The molecule has 2 rings (SSSR count). The zero-order valence-electron chi connectivity index (χ0n) is 11.2. The van der Waals surface area contributed by atoms with Crippen molar-refractivity contribution in [1.29, 1.82) is 0 Å². The summed E-state index contributed by atoms with van der Waals surface area (Å²) in [7, 11) is -4.29. The van der Waals surface area contributed by atoms with Crippen LogP contribution in [0.15, 0.2) is 30.3 Å². The molecule has 1 aromatic carbocycles. The first-order chi connectivity index (χ1) is 9.85. The van der Waals surface area contributed by atoms with Gasteiger partial charge in [-0.05, 0) is 5.56 Å². The molecule has 0 spiro atoms. The van der Waals surface area contributed by atoms with E-state index in [1.165, 1.54) is 0 Å². The summed E-state index contributed by atoms with van der Waals surface area (Å²) in [5, 5.41) is 38.4. The van der Waals surface area contributed by atoms with Gasteiger partial charge < -0.3 is 30.1 Å². The molecule has 1 heterocycles. The lowest BCUT2D eigenvalue weighted by Crippen LogP contribution is -2.56. The summed E-state index contributed by atoms with van der Waals surface area (Å²) in [6.07, 6.45) is -5.20. The zero-order valence-corrected chi connectivity index (χ0v) is 12.1. The molecule has 21 heavy (non-hydrogen) atoms. The lowest BCUT2D eigenvalue weighted by Gasteiger charge is -2.41. The van der Waals surface area contributed by atoms with E-state index in [0.29, 0.717) is 0 Å². The van der Waals surface area contributed by atoms with E-state index in [2.05, 4.69) is 0 Å². The highest BCUT2D eigenvalue weighted by Gasteiger charge is 2.55. The highest BCUT2D eigenvalue weighted by molar-refractivity contribution is 7.59. The minimum Gasteiger partial charge on any atom is -0.389 e. The maximum absolute atomic E-state index is 12.1. The number of aliphatic hydroxyl groups is 4. The van der Waals surface area contributed by atoms with Crippen molar-refractivity contribution in [3.63, 3.8) is 0 Å². The molecule has 7 nitrogen and oxygen atoms in total. The molecule has 5 N–H and O–H groups in total. The first-order valence-corrected chi connectivity index (χ1v) is 8.31. The van der Waals surface area contributed by atoms with Crippen molar-refractivity contribution in [1.82, 2.24) is 0 Å². The monoisotopic (exact) mass is 318 g/mol. The average molecular weight is 318 g/mol. The van der Waals surface area contributed by atoms with Gasteiger partial charge in [0.15, 0.2) is 5.85 Å². The number of hydrogen-bond donors (Lipinski definition) is 5. The van der Waals surface area contributed by atoms with Crippen LogP contribution in [0.2, 0.25) is 0 Å². The fourth-order valence-electron chi connectivity index (χ4n) is 2.32. The fourth-order valence-corrected chi connectivity index (χ4v) is 4.26. The largest absolute Gasteiger partial charge is 0.389 e. The molecule has 1 unspecified atom stereocenters. The Morgan fingerprint density at radius 1 is 1.00 bits per heavy atom. The van der Waals surface area contributed by atoms with Gasteiger partial charge in [0.25, 0.3) is 0 Å². The van der Waals surface area contributed by atoms with Crippen molar-refractivity contribution < 1.29 is 34.6 Å². The van der Waals surface area contributed by atoms with Gasteiger partial charge in [0.05, 0.1) is 25.0 Å². The Balaban J connectivity index is 2.02. The smallest absolute Gasteiger partial charge is 0.238 e. The van der Waals surface area contributed by atoms with E-state index in [1.807, 2.05) is 30.3 Å². The van der Waals surface area contributed by atoms with Crippen molar-refractivity contribution >= 4 is 7.37 Å². The molecule has 8 heteroatoms. The number of hydrogen-bond acceptors (Lipinski definition) is 6. The molecule has 1 fully saturated rings. The van der Waals surface area contributed by atoms with Crippen LogP contribution in [0.5, 0.6) is 0 Å². The molecule has 6 atom stereocenters. The van der Waals surface area contributed by atoms with Crippen LogP contribution < -0.4 is 0 Å². The molecule has 118 valence electrons. The summed E-state index contributed by atoms with van der Waals surface area (Å²) in [6.45, 7) is -0.149. The molecule has 0 aromatic heterocycles. The summed E-state index contributed by atoms with van der Waals surface area (Å²) in [5.74, 6) is -2.00. The van der Waals surface area contributed by atoms with E-state index >= 15 is 0 Å². The molecule has 1 aromatic rings. The van der Waals surface area contributed by atoms with E-state index in [4.69, 9.17) is 4.74 Å². The van der Waals surface area contributed by atoms with Crippen LogP contribution in [0, 0.1) is 0 Å². The molecule has 0 aliphatic carbocycles. The van der Waals surface area contributed by atoms with Crippen LogP contribution in [-0.4, -0.2) is 61.7 Å². The molecular formula is C13H19O7P. The van der Waals surface area contributed by atoms with Gasteiger partial charge in [0.1, 0.15) is 12.2 Å². The number of aliphatic hydroxyl groups excluding tert-OH is 4. The van der Waals surface area contributed by atoms with Gasteiger partial charge in [-0.1, -0.05) is 30.3 Å². The Bertz CT molecular complexity index is 509. The fraction of sp³-hybridized carbons (Fsp3) is 0.538. The third-order valence-corrected chi connectivity index (χ3v) is 6.12. The van der Waals surface area contributed by atoms with Gasteiger partial charge in [0, 0.05) is 0 Å². The van der Waals surface area contributed by atoms with Crippen LogP contribution in [0.4, 0.5) is 0 Å². The lowest BCUT2D eigenvalue weighted by molar-refractivity contribution is -0.108.